The maximum absolute atomic E-state index is 10.1. The SMILES string of the molecule is C.CC(C)O.CC(C)O.CC(C)O.CC(C)O.C[C@@H](N)c1cccc2ccccc12.Cc1cccc(CCC=N[C@H](C)c2cccc3ccccc23)c1.Cc1cccc(CCC=O)c1.[C-]#[N+]C.[Ti]. The second kappa shape index (κ2) is 43.5. The summed E-state index contributed by atoms with van der Waals surface area (Å²) in [5.41, 5.74) is 13.6. The van der Waals surface area contributed by atoms with Crippen molar-refractivity contribution >= 4 is 34.0 Å². The first-order valence-electron chi connectivity index (χ1n) is 22.9. The Morgan fingerprint density at radius 3 is 1.25 bits per heavy atom. The molecule has 0 fully saturated rings. The van der Waals surface area contributed by atoms with Crippen molar-refractivity contribution in [1.29, 1.82) is 0 Å². The molecule has 0 spiro atoms. The molecule has 372 valence electrons. The Bertz CT molecular complexity index is 2170. The van der Waals surface area contributed by atoms with E-state index in [0.29, 0.717) is 6.42 Å². The van der Waals surface area contributed by atoms with Gasteiger partial charge in [-0.1, -0.05) is 152 Å². The first-order valence-corrected chi connectivity index (χ1v) is 22.9. The number of nitrogens with two attached hydrogens (primary N) is 1. The Morgan fingerprint density at radius 2 is 0.882 bits per heavy atom. The summed E-state index contributed by atoms with van der Waals surface area (Å²) in [6.45, 7) is 28.0. The molecule has 0 amide bonds. The fourth-order valence-corrected chi connectivity index (χ4v) is 5.77. The molecule has 0 heterocycles. The van der Waals surface area contributed by atoms with Gasteiger partial charge in [0.05, 0.1) is 6.04 Å². The van der Waals surface area contributed by atoms with Gasteiger partial charge in [0.25, 0.3) is 0 Å². The van der Waals surface area contributed by atoms with Crippen LogP contribution < -0.4 is 5.73 Å². The van der Waals surface area contributed by atoms with E-state index in [1.807, 2.05) is 25.1 Å². The van der Waals surface area contributed by atoms with Gasteiger partial charge in [0, 0.05) is 58.6 Å². The van der Waals surface area contributed by atoms with Gasteiger partial charge in [0.15, 0.2) is 0 Å². The normalized spacial score (nSPS) is 10.6. The molecule has 0 radical (unpaired) electrons. The van der Waals surface area contributed by atoms with Gasteiger partial charge in [0.2, 0.25) is 7.05 Å². The molecule has 9 heteroatoms. The van der Waals surface area contributed by atoms with Crippen LogP contribution in [0.25, 0.3) is 26.4 Å². The van der Waals surface area contributed by atoms with Crippen LogP contribution in [-0.4, -0.2) is 64.4 Å². The number of aryl methyl sites for hydroxylation is 4. The molecule has 8 nitrogen and oxygen atoms in total. The number of aldehydes is 1. The van der Waals surface area contributed by atoms with Gasteiger partial charge in [-0.3, -0.25) is 4.99 Å². The predicted molar refractivity (Wildman–Crippen MR) is 291 cm³/mol. The van der Waals surface area contributed by atoms with E-state index in [-0.39, 0.29) is 65.6 Å². The molecule has 2 atom stereocenters. The zero-order valence-corrected chi connectivity index (χ0v) is 44.4. The summed E-state index contributed by atoms with van der Waals surface area (Å²) >= 11 is 0. The molecule has 0 unspecified atom stereocenters. The molecule has 68 heavy (non-hydrogen) atoms. The molecule has 0 bridgehead atoms. The second-order valence-electron chi connectivity index (χ2n) is 16.8. The van der Waals surface area contributed by atoms with Crippen LogP contribution in [0.1, 0.15) is 135 Å². The Kier molecular flexibility index (Phi) is 44.6. The number of aliphatic hydroxyl groups excluding tert-OH is 4. The molecule has 6 rings (SSSR count). The maximum atomic E-state index is 10.1. The van der Waals surface area contributed by atoms with Crippen molar-refractivity contribution in [2.45, 2.75) is 153 Å². The van der Waals surface area contributed by atoms with Crippen molar-refractivity contribution in [3.8, 4) is 0 Å². The van der Waals surface area contributed by atoms with Crippen molar-refractivity contribution in [3.63, 3.8) is 0 Å². The minimum absolute atomic E-state index is 0. The van der Waals surface area contributed by atoms with Crippen LogP contribution in [0.3, 0.4) is 0 Å². The maximum Gasteiger partial charge on any atom is 0.205 e. The Labute approximate surface area is 427 Å². The summed E-state index contributed by atoms with van der Waals surface area (Å²) in [7, 11) is 1.42. The predicted octanol–water partition coefficient (Wildman–Crippen LogP) is 13.6. The topological polar surface area (TPSA) is 141 Å². The molecule has 0 aromatic heterocycles. The number of carbonyl (C=O) groups excluding carboxylic acids is 1. The van der Waals surface area contributed by atoms with Crippen molar-refractivity contribution in [2.75, 3.05) is 7.05 Å². The van der Waals surface area contributed by atoms with E-state index in [2.05, 4.69) is 147 Å². The smallest absolute Gasteiger partial charge is 0.205 e. The van der Waals surface area contributed by atoms with Crippen molar-refractivity contribution in [3.05, 3.63) is 178 Å². The molecule has 0 saturated carbocycles. The van der Waals surface area contributed by atoms with E-state index in [9.17, 15) is 4.79 Å². The molecule has 0 saturated heterocycles. The number of benzene rings is 6. The first kappa shape index (κ1) is 69.8. The number of aliphatic imine (C=N–C) groups is 1. The van der Waals surface area contributed by atoms with Gasteiger partial charge in [0.1, 0.15) is 6.29 Å². The first-order chi connectivity index (χ1) is 31.2. The van der Waals surface area contributed by atoms with Gasteiger partial charge < -0.3 is 35.8 Å². The third kappa shape index (κ3) is 38.2. The van der Waals surface area contributed by atoms with Gasteiger partial charge in [-0.2, -0.15) is 0 Å². The Balaban J connectivity index is -0.000000391. The van der Waals surface area contributed by atoms with Gasteiger partial charge >= 0.3 is 0 Å². The average molecular weight is 966 g/mol. The fraction of sp³-hybridized carbons (Fsp3) is 0.407. The quantitative estimate of drug-likeness (QED) is 0.0423. The standard InChI is InChI=1S/C22H23N.C12H13N.C10H12O.4C3H8O.C2H3N.CH4.Ti/c1-17-8-5-9-19(16-17)10-7-15-23-18(2)21-14-6-12-20-11-3-4-13-22(20)21;1-9(13)11-8-4-6-10-5-2-3-7-12(10)11;1-9-4-2-5-10(8-9)6-3-7-11;4*1-3(2)4;1-3-2;;/h3-6,8-9,11-16,18H,7,10H2,1-2H3;2-9H,13H2,1H3;2,4-5,7-8H,3,6H2,1H3;4*3-4H,1-2H3;1H3;1H4;/t18-;9-;;;;;;;;/m11......../s1. The van der Waals surface area contributed by atoms with Crippen LogP contribution in [-0.2, 0) is 39.4 Å². The zero-order chi connectivity index (χ0) is 50.5. The second-order valence-corrected chi connectivity index (χ2v) is 16.8. The number of hydrogen-bond acceptors (Lipinski definition) is 7. The van der Waals surface area contributed by atoms with Crippen LogP contribution in [0.5, 0.6) is 0 Å². The molecule has 6 aromatic carbocycles. The fourth-order valence-electron chi connectivity index (χ4n) is 5.77. The summed E-state index contributed by atoms with van der Waals surface area (Å²) < 4.78 is 0. The van der Waals surface area contributed by atoms with Crippen molar-refractivity contribution < 1.29 is 46.9 Å². The van der Waals surface area contributed by atoms with Gasteiger partial charge in [-0.15, -0.1) is 0 Å². The molecule has 0 aliphatic heterocycles. The van der Waals surface area contributed by atoms with Crippen LogP contribution in [0.2, 0.25) is 0 Å². The number of carbonyl (C=O) groups is 1. The van der Waals surface area contributed by atoms with Crippen molar-refractivity contribution in [2.24, 2.45) is 10.7 Å². The van der Waals surface area contributed by atoms with Crippen LogP contribution in [0.15, 0.2) is 138 Å². The summed E-state index contributed by atoms with van der Waals surface area (Å²) in [6, 6.07) is 46.8. The monoisotopic (exact) mass is 966 g/mol. The van der Waals surface area contributed by atoms with E-state index >= 15 is 0 Å². The summed E-state index contributed by atoms with van der Waals surface area (Å²) in [5.74, 6) is 0. The molecular formula is C59H87N3O5Ti. The number of rotatable bonds is 9. The third-order valence-corrected chi connectivity index (χ3v) is 8.19. The van der Waals surface area contributed by atoms with E-state index in [4.69, 9.17) is 37.7 Å². The average Bonchev–Trinajstić information content (AvgIpc) is 3.24. The molecular weight excluding hydrogens is 879 g/mol. The summed E-state index contributed by atoms with van der Waals surface area (Å²) in [4.78, 5) is 17.6. The molecule has 6 aromatic rings. The number of hydrogen-bond donors (Lipinski definition) is 5. The molecule has 0 aliphatic carbocycles. The van der Waals surface area contributed by atoms with Gasteiger partial charge in [-0.05, 0) is 152 Å². The van der Waals surface area contributed by atoms with Crippen LogP contribution in [0, 0.1) is 20.4 Å². The van der Waals surface area contributed by atoms with Gasteiger partial charge in [-0.25, -0.2) is 6.57 Å². The van der Waals surface area contributed by atoms with Crippen LogP contribution in [0.4, 0.5) is 0 Å². The largest absolute Gasteiger partial charge is 0.394 e. The van der Waals surface area contributed by atoms with Crippen LogP contribution >= 0.6 is 0 Å². The number of nitrogens with zero attached hydrogens (tertiary/aromatic N) is 2. The summed E-state index contributed by atoms with van der Waals surface area (Å²) in [6.07, 6.45) is 5.90. The van der Waals surface area contributed by atoms with E-state index in [1.165, 1.54) is 62.0 Å². The third-order valence-electron chi connectivity index (χ3n) is 8.19. The summed E-state index contributed by atoms with van der Waals surface area (Å²) in [5, 5.41) is 37.3. The Morgan fingerprint density at radius 1 is 0.559 bits per heavy atom. The number of fused-ring (bicyclic) bond motifs is 2. The number of aliphatic hydroxyl groups is 4. The van der Waals surface area contributed by atoms with Crippen molar-refractivity contribution in [1.82, 2.24) is 0 Å². The molecule has 6 N–H and O–H groups in total. The molecule has 0 aliphatic rings. The minimum atomic E-state index is -0.167. The van der Waals surface area contributed by atoms with E-state index in [0.717, 1.165) is 25.5 Å². The van der Waals surface area contributed by atoms with E-state index in [1.54, 1.807) is 55.4 Å². The van der Waals surface area contributed by atoms with E-state index < -0.39 is 0 Å². The minimum Gasteiger partial charge on any atom is -0.394 e. The Hall–Kier alpha value is -4.82. The zero-order valence-electron chi connectivity index (χ0n) is 42.8.